The summed E-state index contributed by atoms with van der Waals surface area (Å²) in [5.41, 5.74) is 7.40. The van der Waals surface area contributed by atoms with Gasteiger partial charge in [-0.1, -0.05) is 12.1 Å². The van der Waals surface area contributed by atoms with Crippen molar-refractivity contribution in [2.45, 2.75) is 47.1 Å². The van der Waals surface area contributed by atoms with Crippen LogP contribution < -0.4 is 5.32 Å². The third-order valence-corrected chi connectivity index (χ3v) is 6.46. The Kier molecular flexibility index (Phi) is 6.60. The Hall–Kier alpha value is -3.45. The summed E-state index contributed by atoms with van der Waals surface area (Å²) < 4.78 is 11.0. The van der Waals surface area contributed by atoms with Gasteiger partial charge in [-0.15, -0.1) is 11.3 Å². The highest BCUT2D eigenvalue weighted by molar-refractivity contribution is 7.09. The number of amides is 1. The maximum absolute atomic E-state index is 12.4. The van der Waals surface area contributed by atoms with Crippen molar-refractivity contribution in [3.8, 4) is 0 Å². The molecule has 0 aliphatic heterocycles. The van der Waals surface area contributed by atoms with Gasteiger partial charge in [0.2, 0.25) is 5.91 Å². The number of rotatable bonds is 7. The van der Waals surface area contributed by atoms with Crippen LogP contribution in [0.4, 0.5) is 5.69 Å². The first-order valence-electron chi connectivity index (χ1n) is 10.7. The number of hydrogen-bond acceptors (Lipinski definition) is 6. The zero-order chi connectivity index (χ0) is 23.5. The van der Waals surface area contributed by atoms with Gasteiger partial charge in [-0.2, -0.15) is 0 Å². The van der Waals surface area contributed by atoms with E-state index in [-0.39, 0.29) is 31.3 Å². The molecule has 0 radical (unpaired) electrons. The van der Waals surface area contributed by atoms with Gasteiger partial charge in [0.1, 0.15) is 17.2 Å². The molecule has 0 unspecified atom stereocenters. The van der Waals surface area contributed by atoms with E-state index in [2.05, 4.69) is 10.3 Å². The van der Waals surface area contributed by atoms with Crippen LogP contribution in [0.3, 0.4) is 0 Å². The highest BCUT2D eigenvalue weighted by Crippen LogP contribution is 2.25. The predicted octanol–water partition coefficient (Wildman–Crippen LogP) is 5.59. The average Bonchev–Trinajstić information content (AvgIpc) is 3.36. The number of nitrogens with one attached hydrogen (secondary N) is 1. The van der Waals surface area contributed by atoms with E-state index in [9.17, 15) is 9.59 Å². The third kappa shape index (κ3) is 5.49. The molecule has 170 valence electrons. The highest BCUT2D eigenvalue weighted by Gasteiger charge is 2.14. The molecule has 4 rings (SSSR count). The number of thiazole rings is 1. The molecule has 0 atom stereocenters. The highest BCUT2D eigenvalue weighted by atomic mass is 32.1. The average molecular weight is 463 g/mol. The summed E-state index contributed by atoms with van der Waals surface area (Å²) in [7, 11) is 0. The first-order valence-corrected chi connectivity index (χ1v) is 11.6. The molecule has 4 aromatic rings. The predicted molar refractivity (Wildman–Crippen MR) is 130 cm³/mol. The van der Waals surface area contributed by atoms with Crippen molar-refractivity contribution in [1.82, 2.24) is 4.98 Å². The standard InChI is InChI=1S/C26H26N2O4S/c1-15-5-6-16(2)22(7-15)28-24(29)11-25-27-20(14-33-25)13-32-26(30)10-19-12-31-23-9-18(4)17(3)8-21(19)23/h5-9,12,14H,10-11,13H2,1-4H3,(H,28,29). The molecule has 7 heteroatoms. The molecule has 0 saturated carbocycles. The molecule has 2 aromatic heterocycles. The zero-order valence-corrected chi connectivity index (χ0v) is 20.0. The summed E-state index contributed by atoms with van der Waals surface area (Å²) in [5.74, 6) is -0.475. The fourth-order valence-electron chi connectivity index (χ4n) is 3.53. The van der Waals surface area contributed by atoms with Gasteiger partial charge in [0.05, 0.1) is 24.8 Å². The van der Waals surface area contributed by atoms with Crippen LogP contribution in [0.15, 0.2) is 46.4 Å². The Labute approximate surface area is 196 Å². The molecule has 0 aliphatic carbocycles. The monoisotopic (exact) mass is 462 g/mol. The van der Waals surface area contributed by atoms with E-state index in [1.54, 1.807) is 6.26 Å². The fourth-order valence-corrected chi connectivity index (χ4v) is 4.31. The Bertz CT molecular complexity index is 1340. The molecule has 1 amide bonds. The minimum atomic E-state index is -0.349. The van der Waals surface area contributed by atoms with Gasteiger partial charge < -0.3 is 14.5 Å². The number of nitrogens with zero attached hydrogens (tertiary/aromatic N) is 1. The molecule has 0 saturated heterocycles. The number of furan rings is 1. The molecule has 0 aliphatic rings. The number of aryl methyl sites for hydroxylation is 4. The number of carbonyl (C=O) groups is 2. The van der Waals surface area contributed by atoms with Gasteiger partial charge in [0, 0.05) is 22.0 Å². The van der Waals surface area contributed by atoms with Crippen molar-refractivity contribution in [2.75, 3.05) is 5.32 Å². The Morgan fingerprint density at radius 2 is 1.82 bits per heavy atom. The van der Waals surface area contributed by atoms with E-state index < -0.39 is 0 Å². The first-order chi connectivity index (χ1) is 15.8. The summed E-state index contributed by atoms with van der Waals surface area (Å²) in [4.78, 5) is 29.2. The molecule has 2 aromatic carbocycles. The SMILES string of the molecule is Cc1ccc(C)c(NC(=O)Cc2nc(COC(=O)Cc3coc4cc(C)c(C)cc34)cs2)c1. The van der Waals surface area contributed by atoms with Crippen molar-refractivity contribution in [3.63, 3.8) is 0 Å². The fraction of sp³-hybridized carbons (Fsp3) is 0.269. The number of carbonyl (C=O) groups excluding carboxylic acids is 2. The molecule has 1 N–H and O–H groups in total. The third-order valence-electron chi connectivity index (χ3n) is 5.56. The number of hydrogen-bond donors (Lipinski definition) is 1. The summed E-state index contributed by atoms with van der Waals surface area (Å²) in [6.07, 6.45) is 1.91. The van der Waals surface area contributed by atoms with E-state index in [1.165, 1.54) is 11.3 Å². The van der Waals surface area contributed by atoms with Crippen LogP contribution in [0.5, 0.6) is 0 Å². The molecule has 6 nitrogen and oxygen atoms in total. The second-order valence-electron chi connectivity index (χ2n) is 8.31. The number of fused-ring (bicyclic) bond motifs is 1. The minimum Gasteiger partial charge on any atom is -0.464 e. The van der Waals surface area contributed by atoms with Crippen LogP contribution in [0, 0.1) is 27.7 Å². The van der Waals surface area contributed by atoms with Gasteiger partial charge in [0.15, 0.2) is 0 Å². The maximum Gasteiger partial charge on any atom is 0.310 e. The zero-order valence-electron chi connectivity index (χ0n) is 19.2. The lowest BCUT2D eigenvalue weighted by Gasteiger charge is -2.08. The van der Waals surface area contributed by atoms with Crippen LogP contribution in [0.2, 0.25) is 0 Å². The number of anilines is 1. The van der Waals surface area contributed by atoms with Gasteiger partial charge in [-0.3, -0.25) is 9.59 Å². The smallest absolute Gasteiger partial charge is 0.310 e. The van der Waals surface area contributed by atoms with E-state index in [0.29, 0.717) is 10.7 Å². The number of ether oxygens (including phenoxy) is 1. The lowest BCUT2D eigenvalue weighted by Crippen LogP contribution is -2.15. The first kappa shape index (κ1) is 22.7. The largest absolute Gasteiger partial charge is 0.464 e. The quantitative estimate of drug-likeness (QED) is 0.362. The normalized spacial score (nSPS) is 11.0. The molecule has 0 bridgehead atoms. The van der Waals surface area contributed by atoms with E-state index >= 15 is 0 Å². The van der Waals surface area contributed by atoms with Crippen LogP contribution in [0.25, 0.3) is 11.0 Å². The van der Waals surface area contributed by atoms with Crippen LogP contribution in [0.1, 0.15) is 38.5 Å². The van der Waals surface area contributed by atoms with Crippen molar-refractivity contribution in [3.05, 3.63) is 80.5 Å². The molecule has 33 heavy (non-hydrogen) atoms. The Morgan fingerprint density at radius 3 is 2.64 bits per heavy atom. The van der Waals surface area contributed by atoms with Crippen LogP contribution in [-0.2, 0) is 33.8 Å². The van der Waals surface area contributed by atoms with Gasteiger partial charge in [-0.05, 0) is 68.1 Å². The second kappa shape index (κ2) is 9.58. The minimum absolute atomic E-state index is 0.0713. The Morgan fingerprint density at radius 1 is 1.03 bits per heavy atom. The summed E-state index contributed by atoms with van der Waals surface area (Å²) >= 11 is 1.38. The van der Waals surface area contributed by atoms with Crippen molar-refractivity contribution < 1.29 is 18.7 Å². The van der Waals surface area contributed by atoms with Gasteiger partial charge >= 0.3 is 5.97 Å². The summed E-state index contributed by atoms with van der Waals surface area (Å²) in [6, 6.07) is 9.96. The topological polar surface area (TPSA) is 81.4 Å². The van der Waals surface area contributed by atoms with Gasteiger partial charge in [-0.25, -0.2) is 4.98 Å². The van der Waals surface area contributed by atoms with Crippen LogP contribution >= 0.6 is 11.3 Å². The summed E-state index contributed by atoms with van der Waals surface area (Å²) in [6.45, 7) is 8.08. The van der Waals surface area contributed by atoms with Crippen LogP contribution in [-0.4, -0.2) is 16.9 Å². The second-order valence-corrected chi connectivity index (χ2v) is 9.25. The Balaban J connectivity index is 1.31. The van der Waals surface area contributed by atoms with Gasteiger partial charge in [0.25, 0.3) is 0 Å². The van der Waals surface area contributed by atoms with E-state index in [4.69, 9.17) is 9.15 Å². The maximum atomic E-state index is 12.4. The van der Waals surface area contributed by atoms with Crippen molar-refractivity contribution >= 4 is 39.9 Å². The molecular weight excluding hydrogens is 436 g/mol. The summed E-state index contributed by atoms with van der Waals surface area (Å²) in [5, 5.41) is 6.36. The molecule has 0 fully saturated rings. The molecule has 2 heterocycles. The molecular formula is C26H26N2O4S. The van der Waals surface area contributed by atoms with Crippen molar-refractivity contribution in [1.29, 1.82) is 0 Å². The van der Waals surface area contributed by atoms with E-state index in [0.717, 1.165) is 44.5 Å². The number of aromatic nitrogens is 1. The number of benzene rings is 2. The van der Waals surface area contributed by atoms with E-state index in [1.807, 2.05) is 63.4 Å². The molecule has 0 spiro atoms. The lowest BCUT2D eigenvalue weighted by molar-refractivity contribution is -0.144. The number of esters is 1. The lowest BCUT2D eigenvalue weighted by atomic mass is 10.0. The van der Waals surface area contributed by atoms with Crippen molar-refractivity contribution in [2.24, 2.45) is 0 Å².